The smallest absolute Gasteiger partial charge is 0.0522 e. The number of hydrogen-bond acceptors (Lipinski definition) is 3. The van der Waals surface area contributed by atoms with E-state index in [0.29, 0.717) is 0 Å². The first kappa shape index (κ1) is 11.0. The monoisotopic (exact) mass is 225 g/mol. The molecule has 2 rings (SSSR count). The van der Waals surface area contributed by atoms with Crippen molar-refractivity contribution in [2.24, 2.45) is 13.0 Å². The Bertz CT molecular complexity index is 292. The Morgan fingerprint density at radius 1 is 1.67 bits per heavy atom. The SMILES string of the molecule is Cn1cc(CCNCC2CCSC2)cn1. The van der Waals surface area contributed by atoms with Crippen molar-refractivity contribution in [3.8, 4) is 0 Å². The molecule has 0 amide bonds. The van der Waals surface area contributed by atoms with E-state index in [-0.39, 0.29) is 0 Å². The highest BCUT2D eigenvalue weighted by Gasteiger charge is 2.14. The van der Waals surface area contributed by atoms with Crippen LogP contribution < -0.4 is 5.32 Å². The molecule has 2 heterocycles. The zero-order valence-electron chi connectivity index (χ0n) is 9.28. The minimum atomic E-state index is 0.906. The molecule has 1 N–H and O–H groups in total. The molecule has 3 nitrogen and oxygen atoms in total. The maximum atomic E-state index is 4.16. The number of aromatic nitrogens is 2. The van der Waals surface area contributed by atoms with Crippen LogP contribution in [0.4, 0.5) is 0 Å². The number of nitrogens with one attached hydrogen (secondary N) is 1. The summed E-state index contributed by atoms with van der Waals surface area (Å²) in [6.45, 7) is 2.26. The Kier molecular flexibility index (Phi) is 4.09. The van der Waals surface area contributed by atoms with Crippen molar-refractivity contribution in [3.63, 3.8) is 0 Å². The van der Waals surface area contributed by atoms with Crippen LogP contribution in [0.15, 0.2) is 12.4 Å². The molecule has 15 heavy (non-hydrogen) atoms. The topological polar surface area (TPSA) is 29.9 Å². The molecule has 1 fully saturated rings. The highest BCUT2D eigenvalue weighted by Crippen LogP contribution is 2.22. The molecule has 1 aliphatic heterocycles. The first-order chi connectivity index (χ1) is 7.34. The molecule has 1 aromatic heterocycles. The third-order valence-electron chi connectivity index (χ3n) is 2.81. The van der Waals surface area contributed by atoms with Crippen molar-refractivity contribution >= 4 is 11.8 Å². The number of rotatable bonds is 5. The van der Waals surface area contributed by atoms with Gasteiger partial charge < -0.3 is 5.32 Å². The van der Waals surface area contributed by atoms with E-state index >= 15 is 0 Å². The highest BCUT2D eigenvalue weighted by molar-refractivity contribution is 7.99. The fourth-order valence-electron chi connectivity index (χ4n) is 1.88. The van der Waals surface area contributed by atoms with Gasteiger partial charge in [0.15, 0.2) is 0 Å². The van der Waals surface area contributed by atoms with Gasteiger partial charge in [0.25, 0.3) is 0 Å². The minimum absolute atomic E-state index is 0.906. The van der Waals surface area contributed by atoms with Crippen LogP contribution in [0.2, 0.25) is 0 Å². The fourth-order valence-corrected chi connectivity index (χ4v) is 3.17. The molecular formula is C11H19N3S. The average Bonchev–Trinajstić information content (AvgIpc) is 2.84. The summed E-state index contributed by atoms with van der Waals surface area (Å²) in [5, 5.41) is 7.69. The van der Waals surface area contributed by atoms with Crippen molar-refractivity contribution in [2.75, 3.05) is 24.6 Å². The van der Waals surface area contributed by atoms with Gasteiger partial charge in [0.1, 0.15) is 0 Å². The normalized spacial score (nSPS) is 21.0. The summed E-state index contributed by atoms with van der Waals surface area (Å²) in [6, 6.07) is 0. The van der Waals surface area contributed by atoms with Gasteiger partial charge in [-0.2, -0.15) is 16.9 Å². The standard InChI is InChI=1S/C11H19N3S/c1-14-8-10(7-13-14)2-4-12-6-11-3-5-15-9-11/h7-8,11-12H,2-6,9H2,1H3. The largest absolute Gasteiger partial charge is 0.316 e. The van der Waals surface area contributed by atoms with E-state index in [1.807, 2.05) is 17.9 Å². The lowest BCUT2D eigenvalue weighted by Crippen LogP contribution is -2.24. The summed E-state index contributed by atoms with van der Waals surface area (Å²) in [7, 11) is 1.96. The lowest BCUT2D eigenvalue weighted by atomic mass is 10.1. The van der Waals surface area contributed by atoms with Crippen molar-refractivity contribution in [1.82, 2.24) is 15.1 Å². The van der Waals surface area contributed by atoms with E-state index in [4.69, 9.17) is 0 Å². The zero-order valence-corrected chi connectivity index (χ0v) is 10.1. The van der Waals surface area contributed by atoms with E-state index in [0.717, 1.165) is 18.9 Å². The molecule has 0 bridgehead atoms. The van der Waals surface area contributed by atoms with E-state index in [9.17, 15) is 0 Å². The second-order valence-corrected chi connectivity index (χ2v) is 5.36. The second kappa shape index (κ2) is 5.56. The molecular weight excluding hydrogens is 206 g/mol. The summed E-state index contributed by atoms with van der Waals surface area (Å²) in [6.07, 6.45) is 6.53. The van der Waals surface area contributed by atoms with Gasteiger partial charge in [-0.15, -0.1) is 0 Å². The molecule has 0 aliphatic carbocycles. The van der Waals surface area contributed by atoms with Crippen LogP contribution in [0.25, 0.3) is 0 Å². The first-order valence-corrected chi connectivity index (χ1v) is 6.76. The summed E-state index contributed by atoms with van der Waals surface area (Å²) < 4.78 is 1.86. The maximum Gasteiger partial charge on any atom is 0.0522 e. The van der Waals surface area contributed by atoms with Gasteiger partial charge in [0.05, 0.1) is 6.20 Å². The Balaban J connectivity index is 1.58. The summed E-state index contributed by atoms with van der Waals surface area (Å²) in [5.74, 6) is 3.61. The number of thioether (sulfide) groups is 1. The minimum Gasteiger partial charge on any atom is -0.316 e. The van der Waals surface area contributed by atoms with Crippen molar-refractivity contribution in [3.05, 3.63) is 18.0 Å². The van der Waals surface area contributed by atoms with Crippen LogP contribution in [-0.2, 0) is 13.5 Å². The van der Waals surface area contributed by atoms with E-state index in [1.54, 1.807) is 0 Å². The average molecular weight is 225 g/mol. The van der Waals surface area contributed by atoms with Crippen molar-refractivity contribution < 1.29 is 0 Å². The van der Waals surface area contributed by atoms with Crippen LogP contribution in [-0.4, -0.2) is 34.4 Å². The third kappa shape index (κ3) is 3.54. The van der Waals surface area contributed by atoms with Crippen molar-refractivity contribution in [1.29, 1.82) is 0 Å². The third-order valence-corrected chi connectivity index (χ3v) is 4.04. The van der Waals surface area contributed by atoms with Gasteiger partial charge in [-0.3, -0.25) is 4.68 Å². The Morgan fingerprint density at radius 2 is 2.60 bits per heavy atom. The second-order valence-electron chi connectivity index (χ2n) is 4.21. The van der Waals surface area contributed by atoms with E-state index in [2.05, 4.69) is 28.4 Å². The molecule has 0 radical (unpaired) electrons. The van der Waals surface area contributed by atoms with Crippen molar-refractivity contribution in [2.45, 2.75) is 12.8 Å². The quantitative estimate of drug-likeness (QED) is 0.766. The van der Waals surface area contributed by atoms with Crippen LogP contribution in [0.1, 0.15) is 12.0 Å². The van der Waals surface area contributed by atoms with Crippen LogP contribution in [0.5, 0.6) is 0 Å². The molecule has 1 aliphatic rings. The summed E-state index contributed by atoms with van der Waals surface area (Å²) in [4.78, 5) is 0. The molecule has 4 heteroatoms. The lowest BCUT2D eigenvalue weighted by Gasteiger charge is -2.08. The van der Waals surface area contributed by atoms with Gasteiger partial charge in [-0.1, -0.05) is 0 Å². The molecule has 0 saturated carbocycles. The number of nitrogens with zero attached hydrogens (tertiary/aromatic N) is 2. The number of hydrogen-bond donors (Lipinski definition) is 1. The summed E-state index contributed by atoms with van der Waals surface area (Å²) in [5.41, 5.74) is 1.32. The highest BCUT2D eigenvalue weighted by atomic mass is 32.2. The van der Waals surface area contributed by atoms with Gasteiger partial charge in [-0.05, 0) is 48.9 Å². The predicted molar refractivity (Wildman–Crippen MR) is 65.2 cm³/mol. The Hall–Kier alpha value is -0.480. The van der Waals surface area contributed by atoms with E-state index < -0.39 is 0 Å². The van der Waals surface area contributed by atoms with E-state index in [1.165, 1.54) is 30.0 Å². The van der Waals surface area contributed by atoms with Gasteiger partial charge in [0, 0.05) is 13.2 Å². The van der Waals surface area contributed by atoms with Gasteiger partial charge in [0.2, 0.25) is 0 Å². The predicted octanol–water partition coefficient (Wildman–Crippen LogP) is 1.31. The summed E-state index contributed by atoms with van der Waals surface area (Å²) >= 11 is 2.09. The molecule has 1 unspecified atom stereocenters. The molecule has 0 spiro atoms. The fraction of sp³-hybridized carbons (Fsp3) is 0.727. The molecule has 1 saturated heterocycles. The maximum absolute atomic E-state index is 4.16. The lowest BCUT2D eigenvalue weighted by molar-refractivity contribution is 0.525. The van der Waals surface area contributed by atoms with Gasteiger partial charge >= 0.3 is 0 Å². The first-order valence-electron chi connectivity index (χ1n) is 5.60. The molecule has 1 atom stereocenters. The van der Waals surface area contributed by atoms with Crippen LogP contribution >= 0.6 is 11.8 Å². The molecule has 0 aromatic carbocycles. The molecule has 84 valence electrons. The Labute approximate surface area is 95.6 Å². The number of aryl methyl sites for hydroxylation is 1. The Morgan fingerprint density at radius 3 is 3.27 bits per heavy atom. The van der Waals surface area contributed by atoms with Crippen LogP contribution in [0, 0.1) is 5.92 Å². The van der Waals surface area contributed by atoms with Crippen LogP contribution in [0.3, 0.4) is 0 Å². The zero-order chi connectivity index (χ0) is 10.5. The molecule has 1 aromatic rings. The van der Waals surface area contributed by atoms with Gasteiger partial charge in [-0.25, -0.2) is 0 Å².